The number of ether oxygens (including phenoxy) is 3. The van der Waals surface area contributed by atoms with Crippen molar-refractivity contribution in [1.29, 1.82) is 0 Å². The summed E-state index contributed by atoms with van der Waals surface area (Å²) in [7, 11) is 1.60. The maximum atomic E-state index is 13.8. The quantitative estimate of drug-likeness (QED) is 0.478. The fraction of sp³-hybridized carbons (Fsp3) is 0.464. The highest BCUT2D eigenvalue weighted by Gasteiger charge is 2.47. The van der Waals surface area contributed by atoms with E-state index in [4.69, 9.17) is 14.2 Å². The molecule has 8 nitrogen and oxygen atoms in total. The summed E-state index contributed by atoms with van der Waals surface area (Å²) in [6.45, 7) is 8.21. The molecule has 1 aliphatic heterocycles. The Balaban J connectivity index is 1.93. The van der Waals surface area contributed by atoms with E-state index < -0.39 is 29.6 Å². The van der Waals surface area contributed by atoms with Gasteiger partial charge >= 0.3 is 12.1 Å². The van der Waals surface area contributed by atoms with Crippen LogP contribution in [-0.2, 0) is 32.2 Å². The van der Waals surface area contributed by atoms with E-state index in [0.29, 0.717) is 13.1 Å². The minimum atomic E-state index is -0.859. The monoisotopic (exact) mass is 496 g/mol. The van der Waals surface area contributed by atoms with Crippen molar-refractivity contribution in [2.45, 2.75) is 58.8 Å². The second-order valence-corrected chi connectivity index (χ2v) is 9.87. The van der Waals surface area contributed by atoms with Gasteiger partial charge in [0, 0.05) is 25.6 Å². The summed E-state index contributed by atoms with van der Waals surface area (Å²) in [5.74, 6) is -0.327. The van der Waals surface area contributed by atoms with Crippen LogP contribution in [0.2, 0.25) is 0 Å². The van der Waals surface area contributed by atoms with Gasteiger partial charge in [-0.2, -0.15) is 0 Å². The van der Waals surface area contributed by atoms with Crippen LogP contribution >= 0.6 is 0 Å². The van der Waals surface area contributed by atoms with Crippen LogP contribution in [0.3, 0.4) is 0 Å². The zero-order valence-electron chi connectivity index (χ0n) is 21.7. The average Bonchev–Trinajstić information content (AvgIpc) is 3.11. The molecule has 2 aromatic carbocycles. The van der Waals surface area contributed by atoms with E-state index in [0.717, 1.165) is 16.9 Å². The zero-order chi connectivity index (χ0) is 26.3. The summed E-state index contributed by atoms with van der Waals surface area (Å²) >= 11 is 0. The molecular weight excluding hydrogens is 460 g/mol. The summed E-state index contributed by atoms with van der Waals surface area (Å²) in [4.78, 5) is 42.8. The van der Waals surface area contributed by atoms with Crippen molar-refractivity contribution in [2.24, 2.45) is 5.92 Å². The van der Waals surface area contributed by atoms with Crippen LogP contribution in [0.4, 0.5) is 4.79 Å². The summed E-state index contributed by atoms with van der Waals surface area (Å²) in [5, 5.41) is 0. The van der Waals surface area contributed by atoms with Gasteiger partial charge in [0.15, 0.2) is 0 Å². The third-order valence-electron chi connectivity index (χ3n) is 5.89. The number of hydrogen-bond donors (Lipinski definition) is 0. The summed E-state index contributed by atoms with van der Waals surface area (Å²) in [6.07, 6.45) is -0.567. The van der Waals surface area contributed by atoms with E-state index in [9.17, 15) is 14.4 Å². The van der Waals surface area contributed by atoms with Gasteiger partial charge < -0.3 is 19.1 Å². The van der Waals surface area contributed by atoms with E-state index in [1.807, 2.05) is 54.6 Å². The number of carbonyl (C=O) groups excluding carboxylic acids is 3. The van der Waals surface area contributed by atoms with E-state index in [-0.39, 0.29) is 25.5 Å². The first-order valence-corrected chi connectivity index (χ1v) is 12.2. The molecule has 1 heterocycles. The van der Waals surface area contributed by atoms with Gasteiger partial charge in [0.05, 0.1) is 20.1 Å². The average molecular weight is 497 g/mol. The van der Waals surface area contributed by atoms with E-state index in [2.05, 4.69) is 0 Å². The largest absolute Gasteiger partial charge is 0.497 e. The Hall–Kier alpha value is -3.55. The van der Waals surface area contributed by atoms with Crippen molar-refractivity contribution >= 4 is 18.0 Å². The highest BCUT2D eigenvalue weighted by atomic mass is 16.6. The van der Waals surface area contributed by atoms with Crippen LogP contribution in [0.1, 0.15) is 45.2 Å². The topological polar surface area (TPSA) is 85.4 Å². The predicted molar refractivity (Wildman–Crippen MR) is 135 cm³/mol. The molecule has 8 heteroatoms. The summed E-state index contributed by atoms with van der Waals surface area (Å²) in [5.41, 5.74) is 1.04. The molecule has 1 fully saturated rings. The third-order valence-corrected chi connectivity index (χ3v) is 5.89. The molecule has 2 amide bonds. The molecule has 0 saturated carbocycles. The molecule has 0 radical (unpaired) electrons. The van der Waals surface area contributed by atoms with Gasteiger partial charge in [0.2, 0.25) is 5.91 Å². The number of nitrogens with zero attached hydrogens (tertiary/aromatic N) is 2. The molecule has 2 atom stereocenters. The third kappa shape index (κ3) is 7.23. The number of likely N-dealkylation sites (tertiary alicyclic amines) is 1. The number of methoxy groups -OCH3 is 1. The van der Waals surface area contributed by atoms with Crippen LogP contribution in [0.15, 0.2) is 54.6 Å². The first-order chi connectivity index (χ1) is 17.1. The molecule has 0 aromatic heterocycles. The minimum Gasteiger partial charge on any atom is -0.497 e. The normalized spacial score (nSPS) is 17.6. The van der Waals surface area contributed by atoms with Crippen molar-refractivity contribution in [3.05, 3.63) is 65.7 Å². The Morgan fingerprint density at radius 2 is 1.69 bits per heavy atom. The fourth-order valence-electron chi connectivity index (χ4n) is 4.33. The highest BCUT2D eigenvalue weighted by molar-refractivity contribution is 5.89. The maximum absolute atomic E-state index is 13.8. The highest BCUT2D eigenvalue weighted by Crippen LogP contribution is 2.31. The van der Waals surface area contributed by atoms with Crippen molar-refractivity contribution in [1.82, 2.24) is 9.80 Å². The smallest absolute Gasteiger partial charge is 0.411 e. The SMILES string of the molecule is CCOC(=O)C[C@H]1CN(Cc2ccc(OC)cc2)C(=O)[C@@H]1N(Cc1ccccc1)C(=O)OC(C)(C)C. The number of hydrogen-bond acceptors (Lipinski definition) is 6. The number of amides is 2. The molecule has 0 spiro atoms. The standard InChI is InChI=1S/C28H36N2O6/c1-6-35-24(31)16-22-19-29(17-21-12-14-23(34-5)15-13-21)26(32)25(22)30(27(33)36-28(2,3)4)18-20-10-8-7-9-11-20/h7-15,22,25H,6,16-19H2,1-5H3/t22-,25+/m0/s1. The van der Waals surface area contributed by atoms with Crippen LogP contribution in [0.25, 0.3) is 0 Å². The van der Waals surface area contributed by atoms with Gasteiger partial charge in [-0.1, -0.05) is 42.5 Å². The Morgan fingerprint density at radius 3 is 2.28 bits per heavy atom. The van der Waals surface area contributed by atoms with Crippen LogP contribution in [-0.4, -0.2) is 59.7 Å². The number of esters is 1. The number of rotatable bonds is 9. The Bertz CT molecular complexity index is 1030. The second kappa shape index (κ2) is 11.9. The van der Waals surface area contributed by atoms with Gasteiger partial charge in [0.1, 0.15) is 17.4 Å². The molecule has 0 bridgehead atoms. The molecule has 1 saturated heterocycles. The fourth-order valence-corrected chi connectivity index (χ4v) is 4.33. The molecule has 0 aliphatic carbocycles. The molecule has 2 aromatic rings. The Labute approximate surface area is 213 Å². The van der Waals surface area contributed by atoms with Gasteiger partial charge in [-0.15, -0.1) is 0 Å². The molecule has 0 N–H and O–H groups in total. The zero-order valence-corrected chi connectivity index (χ0v) is 21.7. The lowest BCUT2D eigenvalue weighted by molar-refractivity contribution is -0.144. The van der Waals surface area contributed by atoms with E-state index in [1.165, 1.54) is 4.90 Å². The van der Waals surface area contributed by atoms with Crippen LogP contribution < -0.4 is 4.74 Å². The van der Waals surface area contributed by atoms with Gasteiger partial charge in [0.25, 0.3) is 0 Å². The van der Waals surface area contributed by atoms with Crippen molar-refractivity contribution in [3.63, 3.8) is 0 Å². The first-order valence-electron chi connectivity index (χ1n) is 12.2. The summed E-state index contributed by atoms with van der Waals surface area (Å²) in [6, 6.07) is 16.1. The minimum absolute atomic E-state index is 0.0252. The van der Waals surface area contributed by atoms with Gasteiger partial charge in [-0.05, 0) is 51.0 Å². The maximum Gasteiger partial charge on any atom is 0.411 e. The van der Waals surface area contributed by atoms with E-state index >= 15 is 0 Å². The van der Waals surface area contributed by atoms with Crippen molar-refractivity contribution < 1.29 is 28.6 Å². The van der Waals surface area contributed by atoms with Gasteiger partial charge in [-0.3, -0.25) is 14.5 Å². The molecular formula is C28H36N2O6. The lowest BCUT2D eigenvalue weighted by Crippen LogP contribution is -2.49. The van der Waals surface area contributed by atoms with Crippen LogP contribution in [0.5, 0.6) is 5.75 Å². The second-order valence-electron chi connectivity index (χ2n) is 9.87. The number of benzene rings is 2. The molecule has 0 unspecified atom stereocenters. The lowest BCUT2D eigenvalue weighted by atomic mass is 9.97. The number of carbonyl (C=O) groups is 3. The predicted octanol–water partition coefficient (Wildman–Crippen LogP) is 4.41. The van der Waals surface area contributed by atoms with Crippen molar-refractivity contribution in [2.75, 3.05) is 20.3 Å². The molecule has 3 rings (SSSR count). The lowest BCUT2D eigenvalue weighted by Gasteiger charge is -2.33. The van der Waals surface area contributed by atoms with Crippen LogP contribution in [0, 0.1) is 5.92 Å². The first kappa shape index (κ1) is 27.0. The molecule has 1 aliphatic rings. The molecule has 194 valence electrons. The Kier molecular flexibility index (Phi) is 8.96. The van der Waals surface area contributed by atoms with E-state index in [1.54, 1.807) is 39.7 Å². The molecule has 36 heavy (non-hydrogen) atoms. The van der Waals surface area contributed by atoms with Crippen molar-refractivity contribution in [3.8, 4) is 5.75 Å². The summed E-state index contributed by atoms with van der Waals surface area (Å²) < 4.78 is 16.1. The van der Waals surface area contributed by atoms with Gasteiger partial charge in [-0.25, -0.2) is 4.79 Å². The Morgan fingerprint density at radius 1 is 1.03 bits per heavy atom.